The normalized spacial score (nSPS) is 10.9. The number of aromatic nitrogens is 2. The van der Waals surface area contributed by atoms with Gasteiger partial charge in [0.15, 0.2) is 0 Å². The summed E-state index contributed by atoms with van der Waals surface area (Å²) in [6.45, 7) is 9.32. The maximum absolute atomic E-state index is 11.1. The fourth-order valence-corrected chi connectivity index (χ4v) is 1.05. The zero-order valence-electron chi connectivity index (χ0n) is 9.15. The van der Waals surface area contributed by atoms with Crippen LogP contribution in [-0.4, -0.2) is 15.9 Å². The van der Waals surface area contributed by atoms with Crippen molar-refractivity contribution >= 4 is 5.97 Å². The third-order valence-electron chi connectivity index (χ3n) is 1.85. The van der Waals surface area contributed by atoms with Gasteiger partial charge in [0.25, 0.3) is 0 Å². The predicted molar refractivity (Wildman–Crippen MR) is 56.6 cm³/mol. The van der Waals surface area contributed by atoms with E-state index in [1.807, 2.05) is 20.8 Å². The highest BCUT2D eigenvalue weighted by Gasteiger charge is 2.21. The second-order valence-corrected chi connectivity index (χ2v) is 4.12. The Morgan fingerprint density at radius 1 is 1.53 bits per heavy atom. The third-order valence-corrected chi connectivity index (χ3v) is 1.85. The highest BCUT2D eigenvalue weighted by Crippen LogP contribution is 2.28. The lowest BCUT2D eigenvalue weighted by Gasteiger charge is -2.19. The van der Waals surface area contributed by atoms with Gasteiger partial charge in [0.1, 0.15) is 6.33 Å². The smallest absolute Gasteiger partial charge is 0.336 e. The Kier molecular flexibility index (Phi) is 3.19. The molecule has 0 N–H and O–H groups in total. The number of carbonyl (C=O) groups excluding carboxylic acids is 1. The van der Waals surface area contributed by atoms with Gasteiger partial charge < -0.3 is 4.74 Å². The molecule has 1 aromatic rings. The van der Waals surface area contributed by atoms with Gasteiger partial charge in [-0.2, -0.15) is 0 Å². The van der Waals surface area contributed by atoms with Crippen LogP contribution in [0.4, 0.5) is 0 Å². The first-order valence-electron chi connectivity index (χ1n) is 4.60. The van der Waals surface area contributed by atoms with Crippen LogP contribution < -0.4 is 4.74 Å². The average Bonchev–Trinajstić information content (AvgIpc) is 2.17. The van der Waals surface area contributed by atoms with Crippen molar-refractivity contribution in [2.24, 2.45) is 0 Å². The Hall–Kier alpha value is -1.71. The molecule has 80 valence electrons. The highest BCUT2D eigenvalue weighted by molar-refractivity contribution is 5.83. The van der Waals surface area contributed by atoms with Crippen molar-refractivity contribution in [3.05, 3.63) is 30.7 Å². The van der Waals surface area contributed by atoms with E-state index in [9.17, 15) is 4.79 Å². The number of hydrogen-bond acceptors (Lipinski definition) is 4. The lowest BCUT2D eigenvalue weighted by molar-refractivity contribution is -0.129. The van der Waals surface area contributed by atoms with Crippen LogP contribution in [0, 0.1) is 0 Å². The van der Waals surface area contributed by atoms with Crippen molar-refractivity contribution in [3.8, 4) is 5.88 Å². The highest BCUT2D eigenvalue weighted by atomic mass is 16.5. The molecule has 0 saturated carbocycles. The lowest BCUT2D eigenvalue weighted by atomic mass is 9.89. The lowest BCUT2D eigenvalue weighted by Crippen LogP contribution is -2.16. The number of rotatable bonds is 2. The van der Waals surface area contributed by atoms with Crippen molar-refractivity contribution in [3.63, 3.8) is 0 Å². The Balaban J connectivity index is 3.07. The SMILES string of the molecule is C=CC(=O)Oc1ncncc1C(C)(C)C. The average molecular weight is 206 g/mol. The molecule has 0 radical (unpaired) electrons. The summed E-state index contributed by atoms with van der Waals surface area (Å²) in [5, 5.41) is 0. The monoisotopic (exact) mass is 206 g/mol. The molecule has 15 heavy (non-hydrogen) atoms. The summed E-state index contributed by atoms with van der Waals surface area (Å²) in [5.74, 6) is -0.221. The van der Waals surface area contributed by atoms with Gasteiger partial charge in [-0.05, 0) is 5.41 Å². The summed E-state index contributed by atoms with van der Waals surface area (Å²) < 4.78 is 5.01. The van der Waals surface area contributed by atoms with Crippen molar-refractivity contribution in [2.45, 2.75) is 26.2 Å². The van der Waals surface area contributed by atoms with Crippen LogP contribution >= 0.6 is 0 Å². The van der Waals surface area contributed by atoms with Gasteiger partial charge in [-0.15, -0.1) is 0 Å². The summed E-state index contributed by atoms with van der Waals surface area (Å²) in [6.07, 6.45) is 4.11. The molecule has 0 aliphatic carbocycles. The number of carbonyl (C=O) groups is 1. The van der Waals surface area contributed by atoms with Crippen LogP contribution in [0.3, 0.4) is 0 Å². The number of ether oxygens (including phenoxy) is 1. The van der Waals surface area contributed by atoms with E-state index in [1.54, 1.807) is 6.20 Å². The van der Waals surface area contributed by atoms with Gasteiger partial charge in [0.2, 0.25) is 5.88 Å². The maximum Gasteiger partial charge on any atom is 0.336 e. The molecule has 0 aliphatic rings. The summed E-state index contributed by atoms with van der Waals surface area (Å²) in [6, 6.07) is 0. The molecule has 1 heterocycles. The molecular formula is C11H14N2O2. The van der Waals surface area contributed by atoms with Crippen molar-refractivity contribution in [2.75, 3.05) is 0 Å². The number of hydrogen-bond donors (Lipinski definition) is 0. The largest absolute Gasteiger partial charge is 0.404 e. The molecule has 0 bridgehead atoms. The fourth-order valence-electron chi connectivity index (χ4n) is 1.05. The zero-order valence-corrected chi connectivity index (χ0v) is 9.15. The van der Waals surface area contributed by atoms with E-state index in [-0.39, 0.29) is 5.41 Å². The minimum Gasteiger partial charge on any atom is -0.404 e. The molecule has 0 saturated heterocycles. The second kappa shape index (κ2) is 4.21. The van der Waals surface area contributed by atoms with Gasteiger partial charge >= 0.3 is 5.97 Å². The van der Waals surface area contributed by atoms with E-state index in [0.29, 0.717) is 5.88 Å². The summed E-state index contributed by atoms with van der Waals surface area (Å²) in [7, 11) is 0. The molecular weight excluding hydrogens is 192 g/mol. The van der Waals surface area contributed by atoms with Gasteiger partial charge in [0.05, 0.1) is 0 Å². The predicted octanol–water partition coefficient (Wildman–Crippen LogP) is 1.87. The first-order valence-corrected chi connectivity index (χ1v) is 4.60. The molecule has 4 heteroatoms. The molecule has 4 nitrogen and oxygen atoms in total. The molecule has 0 aromatic carbocycles. The van der Waals surface area contributed by atoms with E-state index in [2.05, 4.69) is 16.5 Å². The maximum atomic E-state index is 11.1. The van der Waals surface area contributed by atoms with Crippen LogP contribution in [0.25, 0.3) is 0 Å². The van der Waals surface area contributed by atoms with E-state index < -0.39 is 5.97 Å². The number of esters is 1. The summed E-state index contributed by atoms with van der Waals surface area (Å²) in [4.78, 5) is 18.9. The molecule has 0 atom stereocenters. The van der Waals surface area contributed by atoms with Gasteiger partial charge in [-0.25, -0.2) is 14.8 Å². The molecule has 0 aliphatic heterocycles. The third kappa shape index (κ3) is 2.87. The summed E-state index contributed by atoms with van der Waals surface area (Å²) in [5.41, 5.74) is 0.623. The van der Waals surface area contributed by atoms with Crippen molar-refractivity contribution in [1.82, 2.24) is 9.97 Å². The molecule has 1 rings (SSSR count). The van der Waals surface area contributed by atoms with E-state index >= 15 is 0 Å². The molecule has 0 amide bonds. The standard InChI is InChI=1S/C11H14N2O2/c1-5-9(14)15-10-8(11(2,3)4)6-12-7-13-10/h5-7H,1H2,2-4H3. The molecule has 0 spiro atoms. The van der Waals surface area contributed by atoms with Crippen molar-refractivity contribution < 1.29 is 9.53 Å². The van der Waals surface area contributed by atoms with Crippen LogP contribution in [0.1, 0.15) is 26.3 Å². The van der Waals surface area contributed by atoms with Crippen LogP contribution in [0.2, 0.25) is 0 Å². The Bertz CT molecular complexity index is 380. The van der Waals surface area contributed by atoms with Crippen LogP contribution in [0.15, 0.2) is 25.2 Å². The van der Waals surface area contributed by atoms with E-state index in [1.165, 1.54) is 6.33 Å². The van der Waals surface area contributed by atoms with E-state index in [0.717, 1.165) is 11.6 Å². The topological polar surface area (TPSA) is 52.1 Å². The van der Waals surface area contributed by atoms with Crippen LogP contribution in [0.5, 0.6) is 5.88 Å². The second-order valence-electron chi connectivity index (χ2n) is 4.12. The first-order chi connectivity index (χ1) is 6.95. The van der Waals surface area contributed by atoms with Gasteiger partial charge in [-0.3, -0.25) is 0 Å². The summed E-state index contributed by atoms with van der Waals surface area (Å²) >= 11 is 0. The molecule has 0 unspecified atom stereocenters. The Morgan fingerprint density at radius 2 is 2.20 bits per heavy atom. The van der Waals surface area contributed by atoms with Crippen molar-refractivity contribution in [1.29, 1.82) is 0 Å². The van der Waals surface area contributed by atoms with Gasteiger partial charge in [0, 0.05) is 17.8 Å². The Morgan fingerprint density at radius 3 is 2.73 bits per heavy atom. The molecule has 1 aromatic heterocycles. The minimum atomic E-state index is -0.515. The first kappa shape index (κ1) is 11.4. The minimum absolute atomic E-state index is 0.169. The van der Waals surface area contributed by atoms with Gasteiger partial charge in [-0.1, -0.05) is 27.4 Å². The number of nitrogens with zero attached hydrogens (tertiary/aromatic N) is 2. The van der Waals surface area contributed by atoms with Crippen LogP contribution in [-0.2, 0) is 10.2 Å². The fraction of sp³-hybridized carbons (Fsp3) is 0.364. The molecule has 0 fully saturated rings. The quantitative estimate of drug-likeness (QED) is 0.547. The zero-order chi connectivity index (χ0) is 11.5. The Labute approximate surface area is 89.0 Å². The van der Waals surface area contributed by atoms with E-state index in [4.69, 9.17) is 4.74 Å².